The van der Waals surface area contributed by atoms with Crippen LogP contribution >= 0.6 is 0 Å². The molecule has 20 heavy (non-hydrogen) atoms. The molecule has 0 saturated heterocycles. The van der Waals surface area contributed by atoms with Gasteiger partial charge in [-0.1, -0.05) is 12.1 Å². The molecule has 0 radical (unpaired) electrons. The highest BCUT2D eigenvalue weighted by Crippen LogP contribution is 2.39. The molecule has 0 aliphatic rings. The number of hydrogen-bond donors (Lipinski definition) is 2. The molecule has 0 unspecified atom stereocenters. The lowest BCUT2D eigenvalue weighted by molar-refractivity contribution is 1.28. The summed E-state index contributed by atoms with van der Waals surface area (Å²) in [7, 11) is 0. The number of anilines is 2. The zero-order chi connectivity index (χ0) is 15.2. The summed E-state index contributed by atoms with van der Waals surface area (Å²) in [6.07, 6.45) is 0. The third kappa shape index (κ3) is 2.05. The largest absolute Gasteiger partial charge is 0.398 e. The van der Waals surface area contributed by atoms with Gasteiger partial charge in [-0.05, 0) is 86.1 Å². The quantitative estimate of drug-likeness (QED) is 0.755. The first-order valence-electron chi connectivity index (χ1n) is 6.98. The smallest absolute Gasteiger partial charge is 0.0379 e. The molecule has 0 heterocycles. The van der Waals surface area contributed by atoms with Gasteiger partial charge in [-0.2, -0.15) is 0 Å². The summed E-state index contributed by atoms with van der Waals surface area (Å²) in [6, 6.07) is 4.32. The van der Waals surface area contributed by atoms with Gasteiger partial charge >= 0.3 is 0 Å². The molecule has 0 bridgehead atoms. The SMILES string of the molecule is Cc1cc(C)c(-c2c(C)cc(C)c(N)c2C)c(C)c1N. The van der Waals surface area contributed by atoms with Crippen LogP contribution in [0.15, 0.2) is 12.1 Å². The topological polar surface area (TPSA) is 52.0 Å². The van der Waals surface area contributed by atoms with Crippen LogP contribution in [0.3, 0.4) is 0 Å². The van der Waals surface area contributed by atoms with Gasteiger partial charge in [0, 0.05) is 11.4 Å². The second-order valence-corrected chi connectivity index (χ2v) is 5.85. The van der Waals surface area contributed by atoms with Gasteiger partial charge in [0.15, 0.2) is 0 Å². The molecule has 0 atom stereocenters. The van der Waals surface area contributed by atoms with Gasteiger partial charge in [0.2, 0.25) is 0 Å². The van der Waals surface area contributed by atoms with Crippen molar-refractivity contribution in [1.29, 1.82) is 0 Å². The molecule has 0 amide bonds. The summed E-state index contributed by atoms with van der Waals surface area (Å²) in [5.41, 5.74) is 23.8. The molecule has 2 aromatic carbocycles. The number of nitrogens with two attached hydrogens (primary N) is 2. The molecule has 0 fully saturated rings. The first-order valence-corrected chi connectivity index (χ1v) is 6.98. The minimum absolute atomic E-state index is 0.878. The van der Waals surface area contributed by atoms with Gasteiger partial charge in [0.1, 0.15) is 0 Å². The highest BCUT2D eigenvalue weighted by Gasteiger charge is 2.17. The molecular formula is C18H24N2. The second kappa shape index (κ2) is 4.86. The Labute approximate surface area is 121 Å². The third-order valence-electron chi connectivity index (χ3n) is 4.31. The van der Waals surface area contributed by atoms with E-state index in [1.807, 2.05) is 0 Å². The van der Waals surface area contributed by atoms with E-state index in [9.17, 15) is 0 Å². The maximum Gasteiger partial charge on any atom is 0.0379 e. The van der Waals surface area contributed by atoms with E-state index in [0.717, 1.165) is 33.6 Å². The minimum Gasteiger partial charge on any atom is -0.398 e. The summed E-state index contributed by atoms with van der Waals surface area (Å²) >= 11 is 0. The van der Waals surface area contributed by atoms with E-state index < -0.39 is 0 Å². The maximum absolute atomic E-state index is 6.23. The molecular weight excluding hydrogens is 244 g/mol. The van der Waals surface area contributed by atoms with E-state index in [0.29, 0.717) is 0 Å². The van der Waals surface area contributed by atoms with Crippen LogP contribution in [0.5, 0.6) is 0 Å². The van der Waals surface area contributed by atoms with E-state index in [4.69, 9.17) is 11.5 Å². The average Bonchev–Trinajstić information content (AvgIpc) is 2.37. The summed E-state index contributed by atoms with van der Waals surface area (Å²) < 4.78 is 0. The van der Waals surface area contributed by atoms with Gasteiger partial charge in [-0.15, -0.1) is 0 Å². The predicted molar refractivity (Wildman–Crippen MR) is 89.1 cm³/mol. The van der Waals surface area contributed by atoms with Crippen molar-refractivity contribution in [2.24, 2.45) is 0 Å². The summed E-state index contributed by atoms with van der Waals surface area (Å²) in [6.45, 7) is 12.6. The number of rotatable bonds is 1. The van der Waals surface area contributed by atoms with E-state index in [1.54, 1.807) is 0 Å². The Bertz CT molecular complexity index is 636. The lowest BCUT2D eigenvalue weighted by Crippen LogP contribution is -2.03. The van der Waals surface area contributed by atoms with Crippen molar-refractivity contribution in [3.63, 3.8) is 0 Å². The van der Waals surface area contributed by atoms with Crippen molar-refractivity contribution in [2.45, 2.75) is 41.5 Å². The van der Waals surface area contributed by atoms with Crippen LogP contribution in [0.4, 0.5) is 11.4 Å². The van der Waals surface area contributed by atoms with E-state index >= 15 is 0 Å². The Kier molecular flexibility index (Phi) is 3.51. The number of aryl methyl sites for hydroxylation is 4. The maximum atomic E-state index is 6.23. The van der Waals surface area contributed by atoms with Crippen molar-refractivity contribution in [3.8, 4) is 11.1 Å². The Morgan fingerprint density at radius 1 is 0.550 bits per heavy atom. The molecule has 0 aliphatic carbocycles. The lowest BCUT2D eigenvalue weighted by atomic mass is 9.86. The Hall–Kier alpha value is -1.96. The predicted octanol–water partition coefficient (Wildman–Crippen LogP) is 4.37. The fourth-order valence-electron chi connectivity index (χ4n) is 3.17. The Balaban J connectivity index is 2.90. The van der Waals surface area contributed by atoms with E-state index in [1.165, 1.54) is 22.3 Å². The van der Waals surface area contributed by atoms with Crippen LogP contribution < -0.4 is 11.5 Å². The molecule has 0 spiro atoms. The summed E-state index contributed by atoms with van der Waals surface area (Å²) in [5.74, 6) is 0. The van der Waals surface area contributed by atoms with Crippen molar-refractivity contribution < 1.29 is 0 Å². The molecule has 0 saturated carbocycles. The average molecular weight is 268 g/mol. The summed E-state index contributed by atoms with van der Waals surface area (Å²) in [5, 5.41) is 0. The van der Waals surface area contributed by atoms with Gasteiger partial charge < -0.3 is 11.5 Å². The molecule has 2 nitrogen and oxygen atoms in total. The molecule has 0 aromatic heterocycles. The lowest BCUT2D eigenvalue weighted by Gasteiger charge is -2.20. The number of nitrogen functional groups attached to an aromatic ring is 2. The third-order valence-corrected chi connectivity index (χ3v) is 4.31. The zero-order valence-corrected chi connectivity index (χ0v) is 13.3. The van der Waals surface area contributed by atoms with Crippen molar-refractivity contribution in [2.75, 3.05) is 11.5 Å². The number of benzene rings is 2. The van der Waals surface area contributed by atoms with E-state index in [2.05, 4.69) is 53.7 Å². The van der Waals surface area contributed by atoms with E-state index in [-0.39, 0.29) is 0 Å². The van der Waals surface area contributed by atoms with Crippen LogP contribution in [0, 0.1) is 41.5 Å². The fourth-order valence-corrected chi connectivity index (χ4v) is 3.17. The molecule has 2 rings (SSSR count). The van der Waals surface area contributed by atoms with Crippen LogP contribution in [0.25, 0.3) is 11.1 Å². The second-order valence-electron chi connectivity index (χ2n) is 5.85. The molecule has 106 valence electrons. The van der Waals surface area contributed by atoms with Crippen molar-refractivity contribution in [1.82, 2.24) is 0 Å². The number of hydrogen-bond acceptors (Lipinski definition) is 2. The highest BCUT2D eigenvalue weighted by molar-refractivity contribution is 5.84. The first kappa shape index (κ1) is 14.4. The molecule has 2 heteroatoms. The molecule has 0 aliphatic heterocycles. The molecule has 4 N–H and O–H groups in total. The van der Waals surface area contributed by atoms with Crippen LogP contribution in [0.2, 0.25) is 0 Å². The van der Waals surface area contributed by atoms with Crippen LogP contribution in [0.1, 0.15) is 33.4 Å². The molecule has 2 aromatic rings. The van der Waals surface area contributed by atoms with Crippen LogP contribution in [-0.4, -0.2) is 0 Å². The Morgan fingerprint density at radius 3 is 1.15 bits per heavy atom. The normalized spacial score (nSPS) is 10.9. The summed E-state index contributed by atoms with van der Waals surface area (Å²) in [4.78, 5) is 0. The first-order chi connectivity index (χ1) is 9.25. The highest BCUT2D eigenvalue weighted by atomic mass is 14.6. The Morgan fingerprint density at radius 2 is 0.850 bits per heavy atom. The van der Waals surface area contributed by atoms with Gasteiger partial charge in [0.25, 0.3) is 0 Å². The van der Waals surface area contributed by atoms with Crippen LogP contribution in [-0.2, 0) is 0 Å². The van der Waals surface area contributed by atoms with Crippen molar-refractivity contribution >= 4 is 11.4 Å². The fraction of sp³-hybridized carbons (Fsp3) is 0.333. The standard InChI is InChI=1S/C18H24N2/c1-9-7-11(3)17(19)13(5)15(9)16-10(2)8-12(4)18(20)14(16)6/h7-8H,19-20H2,1-6H3. The monoisotopic (exact) mass is 268 g/mol. The zero-order valence-electron chi connectivity index (χ0n) is 13.3. The van der Waals surface area contributed by atoms with Gasteiger partial charge in [-0.25, -0.2) is 0 Å². The van der Waals surface area contributed by atoms with Gasteiger partial charge in [-0.3, -0.25) is 0 Å². The van der Waals surface area contributed by atoms with Crippen molar-refractivity contribution in [3.05, 3.63) is 45.5 Å². The van der Waals surface area contributed by atoms with Gasteiger partial charge in [0.05, 0.1) is 0 Å². The minimum atomic E-state index is 0.878.